The van der Waals surface area contributed by atoms with Crippen molar-refractivity contribution in [3.63, 3.8) is 0 Å². The summed E-state index contributed by atoms with van der Waals surface area (Å²) in [4.78, 5) is 51.5. The van der Waals surface area contributed by atoms with Gasteiger partial charge in [-0.1, -0.05) is 6.07 Å². The number of carbonyl (C=O) groups is 4. The Balaban J connectivity index is 1.41. The van der Waals surface area contributed by atoms with Crippen LogP contribution < -0.4 is 19.9 Å². The summed E-state index contributed by atoms with van der Waals surface area (Å²) in [5.41, 5.74) is 1.57. The molecular formula is C22H21N3O5. The fraction of sp³-hybridized carbons (Fsp3) is 0.273. The molecule has 0 aromatic heterocycles. The Morgan fingerprint density at radius 1 is 0.967 bits per heavy atom. The first-order valence-electron chi connectivity index (χ1n) is 9.67. The molecule has 154 valence electrons. The van der Waals surface area contributed by atoms with E-state index >= 15 is 0 Å². The first-order valence-corrected chi connectivity index (χ1v) is 9.67. The van der Waals surface area contributed by atoms with Crippen LogP contribution in [0, 0.1) is 0 Å². The molecule has 1 N–H and O–H groups in total. The number of nitrogens with zero attached hydrogens (tertiary/aromatic N) is 2. The summed E-state index contributed by atoms with van der Waals surface area (Å²) < 4.78 is 5.21. The van der Waals surface area contributed by atoms with Crippen molar-refractivity contribution in [3.05, 3.63) is 54.1 Å². The van der Waals surface area contributed by atoms with Gasteiger partial charge in [0.2, 0.25) is 17.7 Å². The van der Waals surface area contributed by atoms with Gasteiger partial charge in [0.25, 0.3) is 5.91 Å². The average Bonchev–Trinajstić information content (AvgIpc) is 3.29. The number of rotatable bonds is 5. The molecular weight excluding hydrogens is 386 g/mol. The summed E-state index contributed by atoms with van der Waals surface area (Å²) in [6, 6.07) is 13.2. The molecule has 1 atom stereocenters. The lowest BCUT2D eigenvalue weighted by Crippen LogP contribution is -2.37. The van der Waals surface area contributed by atoms with Gasteiger partial charge in [0.05, 0.1) is 18.8 Å². The molecule has 0 saturated carbocycles. The molecule has 2 aliphatic rings. The fourth-order valence-electron chi connectivity index (χ4n) is 3.73. The number of amides is 4. The van der Waals surface area contributed by atoms with E-state index in [0.29, 0.717) is 23.5 Å². The maximum Gasteiger partial charge on any atom is 0.251 e. The Morgan fingerprint density at radius 3 is 2.33 bits per heavy atom. The topological polar surface area (TPSA) is 96.0 Å². The number of anilines is 2. The second kappa shape index (κ2) is 7.98. The van der Waals surface area contributed by atoms with Crippen LogP contribution in [0.5, 0.6) is 5.75 Å². The van der Waals surface area contributed by atoms with Gasteiger partial charge >= 0.3 is 0 Å². The van der Waals surface area contributed by atoms with E-state index in [4.69, 9.17) is 4.74 Å². The minimum Gasteiger partial charge on any atom is -0.497 e. The molecule has 0 unspecified atom stereocenters. The second-order valence-electron chi connectivity index (χ2n) is 7.25. The Bertz CT molecular complexity index is 1000. The molecule has 30 heavy (non-hydrogen) atoms. The van der Waals surface area contributed by atoms with Gasteiger partial charge < -0.3 is 15.0 Å². The zero-order valence-corrected chi connectivity index (χ0v) is 16.5. The van der Waals surface area contributed by atoms with Crippen molar-refractivity contribution in [2.24, 2.45) is 0 Å². The minimum absolute atomic E-state index is 0.0741. The highest BCUT2D eigenvalue weighted by molar-refractivity contribution is 6.19. The maximum absolute atomic E-state index is 12.6. The van der Waals surface area contributed by atoms with Crippen LogP contribution in [-0.2, 0) is 14.4 Å². The van der Waals surface area contributed by atoms with Crippen molar-refractivity contribution in [1.82, 2.24) is 5.32 Å². The zero-order valence-electron chi connectivity index (χ0n) is 16.5. The van der Waals surface area contributed by atoms with Crippen LogP contribution in [0.25, 0.3) is 0 Å². The monoisotopic (exact) mass is 407 g/mol. The third kappa shape index (κ3) is 3.76. The summed E-state index contributed by atoms with van der Waals surface area (Å²) >= 11 is 0. The van der Waals surface area contributed by atoms with Gasteiger partial charge in [-0.2, -0.15) is 0 Å². The van der Waals surface area contributed by atoms with Crippen LogP contribution in [-0.4, -0.2) is 43.3 Å². The number of carbonyl (C=O) groups excluding carboxylic acids is 4. The van der Waals surface area contributed by atoms with Gasteiger partial charge in [-0.3, -0.25) is 24.1 Å². The molecule has 8 nitrogen and oxygen atoms in total. The van der Waals surface area contributed by atoms with E-state index in [2.05, 4.69) is 5.32 Å². The van der Waals surface area contributed by atoms with Crippen LogP contribution in [0.4, 0.5) is 11.4 Å². The van der Waals surface area contributed by atoms with Crippen LogP contribution in [0.2, 0.25) is 0 Å². The van der Waals surface area contributed by atoms with Gasteiger partial charge in [-0.15, -0.1) is 0 Å². The lowest BCUT2D eigenvalue weighted by molar-refractivity contribution is -0.121. The van der Waals surface area contributed by atoms with Gasteiger partial charge in [0, 0.05) is 43.1 Å². The largest absolute Gasteiger partial charge is 0.497 e. The number of ether oxygens (including phenoxy) is 1. The first kappa shape index (κ1) is 19.6. The molecule has 2 aromatic carbocycles. The molecule has 2 aliphatic heterocycles. The molecule has 4 rings (SSSR count). The van der Waals surface area contributed by atoms with Crippen molar-refractivity contribution < 1.29 is 23.9 Å². The Hall–Kier alpha value is -3.68. The summed E-state index contributed by atoms with van der Waals surface area (Å²) in [5, 5.41) is 2.88. The Labute approximate surface area is 173 Å². The van der Waals surface area contributed by atoms with Crippen molar-refractivity contribution in [3.8, 4) is 5.75 Å². The highest BCUT2D eigenvalue weighted by Gasteiger charge is 2.32. The molecule has 4 amide bonds. The maximum atomic E-state index is 12.6. The molecule has 2 fully saturated rings. The zero-order chi connectivity index (χ0) is 21.3. The van der Waals surface area contributed by atoms with Gasteiger partial charge in [0.1, 0.15) is 5.75 Å². The number of imide groups is 1. The normalized spacial score (nSPS) is 18.8. The molecule has 0 aliphatic carbocycles. The van der Waals surface area contributed by atoms with E-state index in [1.54, 1.807) is 48.4 Å². The SMILES string of the molecule is COc1cccc(N2C[C@H](NC(=O)c3ccc(N4C(=O)CCC4=O)cc3)CC2=O)c1. The van der Waals surface area contributed by atoms with Gasteiger partial charge in [-0.05, 0) is 36.4 Å². The lowest BCUT2D eigenvalue weighted by Gasteiger charge is -2.18. The molecule has 8 heteroatoms. The Kier molecular flexibility index (Phi) is 5.22. The van der Waals surface area contributed by atoms with Crippen molar-refractivity contribution >= 4 is 35.0 Å². The van der Waals surface area contributed by atoms with Crippen LogP contribution in [0.15, 0.2) is 48.5 Å². The van der Waals surface area contributed by atoms with E-state index < -0.39 is 0 Å². The van der Waals surface area contributed by atoms with E-state index in [9.17, 15) is 19.2 Å². The molecule has 2 saturated heterocycles. The summed E-state index contributed by atoms with van der Waals surface area (Å²) in [6.07, 6.45) is 0.624. The molecule has 0 radical (unpaired) electrons. The summed E-state index contributed by atoms with van der Waals surface area (Å²) in [7, 11) is 1.56. The quantitative estimate of drug-likeness (QED) is 0.764. The van der Waals surface area contributed by atoms with E-state index in [0.717, 1.165) is 10.6 Å². The van der Waals surface area contributed by atoms with Crippen LogP contribution >= 0.6 is 0 Å². The van der Waals surface area contributed by atoms with Crippen LogP contribution in [0.3, 0.4) is 0 Å². The molecule has 2 aromatic rings. The van der Waals surface area contributed by atoms with Gasteiger partial charge in [-0.25, -0.2) is 0 Å². The predicted octanol–water partition coefficient (Wildman–Crippen LogP) is 1.88. The van der Waals surface area contributed by atoms with E-state index in [1.165, 1.54) is 0 Å². The van der Waals surface area contributed by atoms with E-state index in [1.807, 2.05) is 12.1 Å². The summed E-state index contributed by atoms with van der Waals surface area (Å²) in [6.45, 7) is 0.368. The third-order valence-electron chi connectivity index (χ3n) is 5.26. The number of benzene rings is 2. The van der Waals surface area contributed by atoms with E-state index in [-0.39, 0.29) is 48.9 Å². The number of nitrogens with one attached hydrogen (secondary N) is 1. The third-order valence-corrected chi connectivity index (χ3v) is 5.26. The predicted molar refractivity (Wildman–Crippen MR) is 109 cm³/mol. The minimum atomic E-state index is -0.322. The molecule has 0 bridgehead atoms. The highest BCUT2D eigenvalue weighted by atomic mass is 16.5. The van der Waals surface area contributed by atoms with Gasteiger partial charge in [0.15, 0.2) is 0 Å². The smallest absolute Gasteiger partial charge is 0.251 e. The highest BCUT2D eigenvalue weighted by Crippen LogP contribution is 2.26. The lowest BCUT2D eigenvalue weighted by atomic mass is 10.1. The number of hydrogen-bond acceptors (Lipinski definition) is 5. The first-order chi connectivity index (χ1) is 14.5. The van der Waals surface area contributed by atoms with Crippen molar-refractivity contribution in [2.75, 3.05) is 23.5 Å². The second-order valence-corrected chi connectivity index (χ2v) is 7.25. The fourth-order valence-corrected chi connectivity index (χ4v) is 3.73. The van der Waals surface area contributed by atoms with Crippen molar-refractivity contribution in [1.29, 1.82) is 0 Å². The number of hydrogen-bond donors (Lipinski definition) is 1. The number of methoxy groups -OCH3 is 1. The van der Waals surface area contributed by atoms with Crippen LogP contribution in [0.1, 0.15) is 29.6 Å². The Morgan fingerprint density at radius 2 is 1.67 bits per heavy atom. The summed E-state index contributed by atoms with van der Waals surface area (Å²) in [5.74, 6) is -0.206. The molecule has 2 heterocycles. The average molecular weight is 407 g/mol. The standard InChI is InChI=1S/C22H21N3O5/c1-30-18-4-2-3-17(12-18)24-13-15(11-21(24)28)23-22(29)14-5-7-16(8-6-14)25-19(26)9-10-20(25)27/h2-8,12,15H,9-11,13H2,1H3,(H,23,29)/t15-/m1/s1. The van der Waals surface area contributed by atoms with Crippen molar-refractivity contribution in [2.45, 2.75) is 25.3 Å². The molecule has 0 spiro atoms.